The van der Waals surface area contributed by atoms with Crippen molar-refractivity contribution < 1.29 is 0 Å². The quantitative estimate of drug-likeness (QED) is 0.905. The second kappa shape index (κ2) is 6.29. The molecule has 0 fully saturated rings. The zero-order chi connectivity index (χ0) is 13.8. The third-order valence-electron chi connectivity index (χ3n) is 2.54. The van der Waals surface area contributed by atoms with Crippen molar-refractivity contribution >= 4 is 38.9 Å². The number of thiazole rings is 1. The van der Waals surface area contributed by atoms with Crippen LogP contribution in [0, 0.1) is 6.92 Å². The Morgan fingerprint density at radius 3 is 2.84 bits per heavy atom. The first-order chi connectivity index (χ1) is 9.11. The number of hydrogen-bond donors (Lipinski definition) is 1. The molecule has 1 N–H and O–H groups in total. The summed E-state index contributed by atoms with van der Waals surface area (Å²) < 4.78 is 0.881. The Morgan fingerprint density at radius 2 is 2.21 bits per heavy atom. The third-order valence-corrected chi connectivity index (χ3v) is 4.10. The summed E-state index contributed by atoms with van der Waals surface area (Å²) in [4.78, 5) is 15.1. The molecule has 2 aromatic rings. The van der Waals surface area contributed by atoms with Crippen LogP contribution < -0.4 is 10.2 Å². The van der Waals surface area contributed by atoms with Crippen LogP contribution in [0.1, 0.15) is 17.6 Å². The number of hydrogen-bond acceptors (Lipinski definition) is 6. The maximum absolute atomic E-state index is 4.47. The van der Waals surface area contributed by atoms with Gasteiger partial charge in [0.1, 0.15) is 22.4 Å². The van der Waals surface area contributed by atoms with Crippen molar-refractivity contribution in [2.24, 2.45) is 0 Å². The van der Waals surface area contributed by atoms with Crippen molar-refractivity contribution in [3.63, 3.8) is 0 Å². The van der Waals surface area contributed by atoms with Crippen LogP contribution >= 0.6 is 27.3 Å². The van der Waals surface area contributed by atoms with Crippen molar-refractivity contribution in [1.29, 1.82) is 0 Å². The number of aryl methyl sites for hydroxylation is 1. The van der Waals surface area contributed by atoms with Gasteiger partial charge in [-0.1, -0.05) is 0 Å². The van der Waals surface area contributed by atoms with Crippen molar-refractivity contribution in [2.75, 3.05) is 23.8 Å². The minimum absolute atomic E-state index is 0.728. The second-order valence-electron chi connectivity index (χ2n) is 4.10. The molecule has 5 nitrogen and oxygen atoms in total. The van der Waals surface area contributed by atoms with Gasteiger partial charge in [-0.05, 0) is 29.8 Å². The molecule has 0 saturated heterocycles. The van der Waals surface area contributed by atoms with Crippen LogP contribution in [0.5, 0.6) is 0 Å². The minimum Gasteiger partial charge on any atom is -0.369 e. The van der Waals surface area contributed by atoms with Gasteiger partial charge >= 0.3 is 0 Å². The van der Waals surface area contributed by atoms with Crippen LogP contribution in [-0.2, 0) is 6.54 Å². The molecule has 0 saturated carbocycles. The number of halogens is 1. The normalized spacial score (nSPS) is 10.5. The molecule has 2 heterocycles. The molecule has 0 aliphatic heterocycles. The largest absolute Gasteiger partial charge is 0.369 e. The van der Waals surface area contributed by atoms with Crippen molar-refractivity contribution in [3.8, 4) is 0 Å². The van der Waals surface area contributed by atoms with Gasteiger partial charge in [-0.15, -0.1) is 11.3 Å². The first-order valence-electron chi connectivity index (χ1n) is 5.98. The molecule has 2 rings (SSSR count). The molecule has 0 spiro atoms. The molecule has 0 atom stereocenters. The van der Waals surface area contributed by atoms with Gasteiger partial charge in [0.15, 0.2) is 0 Å². The fraction of sp³-hybridized carbons (Fsp3) is 0.417. The molecule has 2 aromatic heterocycles. The van der Waals surface area contributed by atoms with E-state index >= 15 is 0 Å². The number of aromatic nitrogens is 3. The summed E-state index contributed by atoms with van der Waals surface area (Å²) >= 11 is 5.22. The SMILES string of the molecule is CCNc1ncnc(N(C)Cc2csc(C)n2)c1Br. The maximum Gasteiger partial charge on any atom is 0.148 e. The van der Waals surface area contributed by atoms with Gasteiger partial charge in [-0.3, -0.25) is 0 Å². The summed E-state index contributed by atoms with van der Waals surface area (Å²) in [5.41, 5.74) is 1.06. The molecule has 0 aromatic carbocycles. The predicted octanol–water partition coefficient (Wildman–Crippen LogP) is 3.07. The molecule has 0 radical (unpaired) electrons. The van der Waals surface area contributed by atoms with Gasteiger partial charge in [0.05, 0.1) is 17.2 Å². The topological polar surface area (TPSA) is 53.9 Å². The van der Waals surface area contributed by atoms with Gasteiger partial charge in [0.2, 0.25) is 0 Å². The summed E-state index contributed by atoms with van der Waals surface area (Å²) in [6, 6.07) is 0. The molecule has 7 heteroatoms. The number of nitrogens with one attached hydrogen (secondary N) is 1. The smallest absolute Gasteiger partial charge is 0.148 e. The average molecular weight is 342 g/mol. The number of rotatable bonds is 5. The van der Waals surface area contributed by atoms with Crippen LogP contribution in [0.15, 0.2) is 16.2 Å². The third kappa shape index (κ3) is 3.42. The molecular weight excluding hydrogens is 326 g/mol. The summed E-state index contributed by atoms with van der Waals surface area (Å²) in [5.74, 6) is 1.67. The van der Waals surface area contributed by atoms with Crippen molar-refractivity contribution in [2.45, 2.75) is 20.4 Å². The Labute approximate surface area is 125 Å². The van der Waals surface area contributed by atoms with Crippen LogP contribution in [-0.4, -0.2) is 28.5 Å². The predicted molar refractivity (Wildman–Crippen MR) is 82.9 cm³/mol. The van der Waals surface area contributed by atoms with Crippen molar-refractivity contribution in [1.82, 2.24) is 15.0 Å². The van der Waals surface area contributed by atoms with Gasteiger partial charge < -0.3 is 10.2 Å². The van der Waals surface area contributed by atoms with E-state index in [2.05, 4.69) is 46.5 Å². The van der Waals surface area contributed by atoms with E-state index in [1.54, 1.807) is 17.7 Å². The Hall–Kier alpha value is -1.21. The summed E-state index contributed by atoms with van der Waals surface area (Å²) in [6.07, 6.45) is 1.57. The zero-order valence-corrected chi connectivity index (χ0v) is 13.5. The van der Waals surface area contributed by atoms with E-state index in [1.807, 2.05) is 20.9 Å². The van der Waals surface area contributed by atoms with Gasteiger partial charge in [-0.25, -0.2) is 15.0 Å². The Bertz CT molecular complexity index is 557. The average Bonchev–Trinajstić information content (AvgIpc) is 2.77. The van der Waals surface area contributed by atoms with Crippen LogP contribution in [0.2, 0.25) is 0 Å². The molecular formula is C12H16BrN5S. The molecule has 0 aliphatic carbocycles. The monoisotopic (exact) mass is 341 g/mol. The Kier molecular flexibility index (Phi) is 4.71. The van der Waals surface area contributed by atoms with Crippen LogP contribution in [0.25, 0.3) is 0 Å². The van der Waals surface area contributed by atoms with E-state index in [9.17, 15) is 0 Å². The molecule has 0 amide bonds. The first-order valence-corrected chi connectivity index (χ1v) is 7.65. The Balaban J connectivity index is 2.18. The maximum atomic E-state index is 4.47. The summed E-state index contributed by atoms with van der Waals surface area (Å²) in [7, 11) is 2.00. The second-order valence-corrected chi connectivity index (χ2v) is 5.96. The lowest BCUT2D eigenvalue weighted by molar-refractivity contribution is 0.861. The Morgan fingerprint density at radius 1 is 1.42 bits per heavy atom. The van der Waals surface area contributed by atoms with E-state index in [0.29, 0.717) is 0 Å². The minimum atomic E-state index is 0.728. The van der Waals surface area contributed by atoms with E-state index < -0.39 is 0 Å². The summed E-state index contributed by atoms with van der Waals surface area (Å²) in [5, 5.41) is 6.36. The van der Waals surface area contributed by atoms with Crippen LogP contribution in [0.4, 0.5) is 11.6 Å². The lowest BCUT2D eigenvalue weighted by Crippen LogP contribution is -2.19. The highest BCUT2D eigenvalue weighted by Crippen LogP contribution is 2.29. The standard InChI is InChI=1S/C12H16BrN5S/c1-4-14-11-10(13)12(16-7-15-11)18(3)5-9-6-19-8(2)17-9/h6-7H,4-5H2,1-3H3,(H,14,15,16). The van der Waals surface area contributed by atoms with E-state index in [0.717, 1.165) is 39.9 Å². The first kappa shape index (κ1) is 14.2. The lowest BCUT2D eigenvalue weighted by atomic mass is 10.4. The van der Waals surface area contributed by atoms with E-state index in [-0.39, 0.29) is 0 Å². The fourth-order valence-electron chi connectivity index (χ4n) is 1.72. The summed E-state index contributed by atoms with van der Waals surface area (Å²) in [6.45, 7) is 5.60. The molecule has 19 heavy (non-hydrogen) atoms. The highest BCUT2D eigenvalue weighted by molar-refractivity contribution is 9.10. The van der Waals surface area contributed by atoms with E-state index in [4.69, 9.17) is 0 Å². The fourth-order valence-corrected chi connectivity index (χ4v) is 2.97. The number of nitrogens with zero attached hydrogens (tertiary/aromatic N) is 4. The van der Waals surface area contributed by atoms with Crippen LogP contribution in [0.3, 0.4) is 0 Å². The van der Waals surface area contributed by atoms with Gasteiger partial charge in [-0.2, -0.15) is 0 Å². The molecule has 0 bridgehead atoms. The zero-order valence-electron chi connectivity index (χ0n) is 11.1. The van der Waals surface area contributed by atoms with Gasteiger partial charge in [0, 0.05) is 19.0 Å². The molecule has 0 unspecified atom stereocenters. The highest BCUT2D eigenvalue weighted by atomic mass is 79.9. The van der Waals surface area contributed by atoms with E-state index in [1.165, 1.54) is 0 Å². The molecule has 102 valence electrons. The lowest BCUT2D eigenvalue weighted by Gasteiger charge is -2.19. The molecule has 0 aliphatic rings. The highest BCUT2D eigenvalue weighted by Gasteiger charge is 2.13. The van der Waals surface area contributed by atoms with Gasteiger partial charge in [0.25, 0.3) is 0 Å². The number of anilines is 2. The van der Waals surface area contributed by atoms with Crippen molar-refractivity contribution in [3.05, 3.63) is 26.9 Å².